The van der Waals surface area contributed by atoms with Gasteiger partial charge in [-0.2, -0.15) is 0 Å². The van der Waals surface area contributed by atoms with Gasteiger partial charge >= 0.3 is 11.9 Å². The molecule has 1 aliphatic rings. The van der Waals surface area contributed by atoms with Crippen LogP contribution < -0.4 is 5.32 Å². The molecule has 8 nitrogen and oxygen atoms in total. The van der Waals surface area contributed by atoms with E-state index in [2.05, 4.69) is 5.32 Å². The van der Waals surface area contributed by atoms with E-state index >= 15 is 0 Å². The van der Waals surface area contributed by atoms with Gasteiger partial charge in [-0.3, -0.25) is 10.1 Å². The van der Waals surface area contributed by atoms with Crippen molar-refractivity contribution in [2.45, 2.75) is 19.6 Å². The van der Waals surface area contributed by atoms with E-state index in [4.69, 9.17) is 9.47 Å². The van der Waals surface area contributed by atoms with E-state index in [0.29, 0.717) is 0 Å². The molecule has 1 heterocycles. The smallest absolute Gasteiger partial charge is 0.350 e. The lowest BCUT2D eigenvalue weighted by molar-refractivity contribution is -0.383. The molecule has 1 fully saturated rings. The number of carbonyl (C=O) groups is 2. The van der Waals surface area contributed by atoms with Crippen LogP contribution >= 0.6 is 0 Å². The number of anilines is 1. The second-order valence-electron chi connectivity index (χ2n) is 4.66. The SMILES string of the molecule is CC1(C)OC(=O)C(=CNc2ccccc2[N+](=O)[O-])C(=O)O1. The Balaban J connectivity index is 2.24. The van der Waals surface area contributed by atoms with Crippen LogP contribution in [0.2, 0.25) is 0 Å². The van der Waals surface area contributed by atoms with Crippen molar-refractivity contribution in [1.29, 1.82) is 0 Å². The Labute approximate surface area is 119 Å². The summed E-state index contributed by atoms with van der Waals surface area (Å²) >= 11 is 0. The molecule has 8 heteroatoms. The van der Waals surface area contributed by atoms with Crippen LogP contribution in [0.15, 0.2) is 36.0 Å². The number of ether oxygens (including phenoxy) is 2. The zero-order chi connectivity index (χ0) is 15.6. The summed E-state index contributed by atoms with van der Waals surface area (Å²) in [6.07, 6.45) is 1.03. The number of carbonyl (C=O) groups excluding carboxylic acids is 2. The lowest BCUT2D eigenvalue weighted by Crippen LogP contribution is -2.42. The molecule has 1 aromatic rings. The van der Waals surface area contributed by atoms with E-state index in [-0.39, 0.29) is 16.9 Å². The molecule has 0 bridgehead atoms. The minimum Gasteiger partial charge on any atom is -0.419 e. The fourth-order valence-corrected chi connectivity index (χ4v) is 1.68. The lowest BCUT2D eigenvalue weighted by Gasteiger charge is -2.29. The molecule has 0 saturated carbocycles. The van der Waals surface area contributed by atoms with Crippen molar-refractivity contribution in [3.05, 3.63) is 46.2 Å². The minimum absolute atomic E-state index is 0.139. The molecular weight excluding hydrogens is 280 g/mol. The first-order chi connectivity index (χ1) is 9.80. The monoisotopic (exact) mass is 292 g/mol. The fourth-order valence-electron chi connectivity index (χ4n) is 1.68. The number of benzene rings is 1. The maximum Gasteiger partial charge on any atom is 0.350 e. The van der Waals surface area contributed by atoms with Crippen LogP contribution in [0.5, 0.6) is 0 Å². The highest BCUT2D eigenvalue weighted by atomic mass is 16.7. The number of nitro benzene ring substituents is 1. The van der Waals surface area contributed by atoms with E-state index in [9.17, 15) is 19.7 Å². The van der Waals surface area contributed by atoms with Gasteiger partial charge in [-0.05, 0) is 6.07 Å². The molecule has 21 heavy (non-hydrogen) atoms. The van der Waals surface area contributed by atoms with E-state index in [1.807, 2.05) is 0 Å². The van der Waals surface area contributed by atoms with Gasteiger partial charge in [-0.15, -0.1) is 0 Å². The summed E-state index contributed by atoms with van der Waals surface area (Å²) in [7, 11) is 0. The molecule has 0 aromatic heterocycles. The maximum absolute atomic E-state index is 11.7. The minimum atomic E-state index is -1.33. The van der Waals surface area contributed by atoms with Gasteiger partial charge in [0.25, 0.3) is 11.5 Å². The van der Waals surface area contributed by atoms with Gasteiger partial charge in [-0.25, -0.2) is 9.59 Å². The third-order valence-corrected chi connectivity index (χ3v) is 2.59. The van der Waals surface area contributed by atoms with E-state index in [1.165, 1.54) is 32.0 Å². The van der Waals surface area contributed by atoms with Crippen LogP contribution in [0.25, 0.3) is 0 Å². The Bertz CT molecular complexity index is 628. The molecule has 0 spiro atoms. The lowest BCUT2D eigenvalue weighted by atomic mass is 10.2. The van der Waals surface area contributed by atoms with Crippen molar-refractivity contribution in [3.63, 3.8) is 0 Å². The zero-order valence-electron chi connectivity index (χ0n) is 11.3. The number of nitro groups is 1. The second kappa shape index (κ2) is 5.23. The maximum atomic E-state index is 11.7. The van der Waals surface area contributed by atoms with Crippen molar-refractivity contribution in [2.75, 3.05) is 5.32 Å². The second-order valence-corrected chi connectivity index (χ2v) is 4.66. The fraction of sp³-hybridized carbons (Fsp3) is 0.231. The summed E-state index contributed by atoms with van der Waals surface area (Å²) in [5.41, 5.74) is -0.417. The molecule has 1 N–H and O–H groups in total. The Hall–Kier alpha value is -2.90. The standard InChI is InChI=1S/C13H12N2O6/c1-13(2)20-11(16)8(12(17)21-13)7-14-9-5-3-4-6-10(9)15(18)19/h3-7,14H,1-2H3. The number of rotatable bonds is 3. The quantitative estimate of drug-likeness (QED) is 0.297. The van der Waals surface area contributed by atoms with Gasteiger partial charge in [0, 0.05) is 26.1 Å². The Kier molecular flexibility index (Phi) is 3.62. The molecule has 0 amide bonds. The van der Waals surface area contributed by atoms with Gasteiger partial charge in [0.2, 0.25) is 0 Å². The van der Waals surface area contributed by atoms with Gasteiger partial charge in [0.1, 0.15) is 5.69 Å². The predicted octanol–water partition coefficient (Wildman–Crippen LogP) is 1.73. The number of cyclic esters (lactones) is 2. The molecule has 0 radical (unpaired) electrons. The van der Waals surface area contributed by atoms with Crippen molar-refractivity contribution in [3.8, 4) is 0 Å². The van der Waals surface area contributed by atoms with Gasteiger partial charge in [0.05, 0.1) is 4.92 Å². The average Bonchev–Trinajstić information content (AvgIpc) is 2.36. The zero-order valence-corrected chi connectivity index (χ0v) is 11.3. The van der Waals surface area contributed by atoms with E-state index < -0.39 is 22.6 Å². The molecular formula is C13H12N2O6. The summed E-state index contributed by atoms with van der Waals surface area (Å²) in [6, 6.07) is 5.82. The van der Waals surface area contributed by atoms with E-state index in [0.717, 1.165) is 6.20 Å². The normalized spacial score (nSPS) is 16.8. The Morgan fingerprint density at radius 1 is 1.19 bits per heavy atom. The number of para-hydroxylation sites is 2. The summed E-state index contributed by atoms with van der Waals surface area (Å²) in [5.74, 6) is -3.05. The average molecular weight is 292 g/mol. The third-order valence-electron chi connectivity index (χ3n) is 2.59. The molecule has 110 valence electrons. The molecule has 0 atom stereocenters. The first kappa shape index (κ1) is 14.5. The highest BCUT2D eigenvalue weighted by molar-refractivity contribution is 6.15. The number of hydrogen-bond acceptors (Lipinski definition) is 7. The topological polar surface area (TPSA) is 108 Å². The van der Waals surface area contributed by atoms with Crippen LogP contribution in [0.1, 0.15) is 13.8 Å². The van der Waals surface area contributed by atoms with Crippen molar-refractivity contribution < 1.29 is 24.0 Å². The van der Waals surface area contributed by atoms with Crippen LogP contribution in [-0.4, -0.2) is 22.6 Å². The van der Waals surface area contributed by atoms with Gasteiger partial charge < -0.3 is 14.8 Å². The summed E-state index contributed by atoms with van der Waals surface area (Å²) in [4.78, 5) is 33.7. The summed E-state index contributed by atoms with van der Waals surface area (Å²) in [6.45, 7) is 2.85. The first-order valence-corrected chi connectivity index (χ1v) is 5.97. The number of hydrogen-bond donors (Lipinski definition) is 1. The van der Waals surface area contributed by atoms with Crippen LogP contribution in [0.4, 0.5) is 11.4 Å². The van der Waals surface area contributed by atoms with Crippen LogP contribution in [-0.2, 0) is 19.1 Å². The van der Waals surface area contributed by atoms with Gasteiger partial charge in [-0.1, -0.05) is 12.1 Å². The third kappa shape index (κ3) is 3.16. The predicted molar refractivity (Wildman–Crippen MR) is 71.1 cm³/mol. The molecule has 1 aromatic carbocycles. The van der Waals surface area contributed by atoms with Crippen LogP contribution in [0, 0.1) is 10.1 Å². The summed E-state index contributed by atoms with van der Waals surface area (Å²) < 4.78 is 9.80. The number of nitrogens with zero attached hydrogens (tertiary/aromatic N) is 1. The Morgan fingerprint density at radius 3 is 2.33 bits per heavy atom. The van der Waals surface area contributed by atoms with Crippen molar-refractivity contribution >= 4 is 23.3 Å². The van der Waals surface area contributed by atoms with Crippen LogP contribution in [0.3, 0.4) is 0 Å². The number of nitrogens with one attached hydrogen (secondary N) is 1. The molecule has 1 saturated heterocycles. The molecule has 0 unspecified atom stereocenters. The van der Waals surface area contributed by atoms with Crippen molar-refractivity contribution in [1.82, 2.24) is 0 Å². The number of esters is 2. The highest BCUT2D eigenvalue weighted by Gasteiger charge is 2.39. The highest BCUT2D eigenvalue weighted by Crippen LogP contribution is 2.25. The summed E-state index contributed by atoms with van der Waals surface area (Å²) in [5, 5.41) is 13.4. The van der Waals surface area contributed by atoms with E-state index in [1.54, 1.807) is 6.07 Å². The van der Waals surface area contributed by atoms with Gasteiger partial charge in [0.15, 0.2) is 5.57 Å². The first-order valence-electron chi connectivity index (χ1n) is 5.97. The molecule has 2 rings (SSSR count). The Morgan fingerprint density at radius 2 is 1.76 bits per heavy atom. The largest absolute Gasteiger partial charge is 0.419 e. The molecule has 1 aliphatic heterocycles. The van der Waals surface area contributed by atoms with Crippen molar-refractivity contribution in [2.24, 2.45) is 0 Å². The molecule has 0 aliphatic carbocycles.